The number of benzene rings is 1. The Kier molecular flexibility index (Phi) is 4.81. The molecule has 1 heterocycles. The zero-order chi connectivity index (χ0) is 13.8. The van der Waals surface area contributed by atoms with Crippen molar-refractivity contribution in [2.24, 2.45) is 0 Å². The van der Waals surface area contributed by atoms with E-state index in [4.69, 9.17) is 23.2 Å². The van der Waals surface area contributed by atoms with Gasteiger partial charge in [0.1, 0.15) is 0 Å². The van der Waals surface area contributed by atoms with Gasteiger partial charge in [-0.2, -0.15) is 0 Å². The third-order valence-electron chi connectivity index (χ3n) is 3.07. The van der Waals surface area contributed by atoms with E-state index in [9.17, 15) is 0 Å². The fraction of sp³-hybridized carbons (Fsp3) is 0.267. The number of rotatable bonds is 4. The zero-order valence-corrected chi connectivity index (χ0v) is 12.5. The minimum Gasteiger partial charge on any atom is -0.313 e. The quantitative estimate of drug-likeness (QED) is 0.914. The molecular formula is C15H16Cl2N2. The monoisotopic (exact) mass is 294 g/mol. The van der Waals surface area contributed by atoms with Crippen LogP contribution < -0.4 is 5.32 Å². The lowest BCUT2D eigenvalue weighted by Crippen LogP contribution is -2.19. The summed E-state index contributed by atoms with van der Waals surface area (Å²) in [7, 11) is 1.91. The van der Waals surface area contributed by atoms with Gasteiger partial charge in [-0.3, -0.25) is 4.98 Å². The van der Waals surface area contributed by atoms with Gasteiger partial charge in [0.05, 0.1) is 0 Å². The molecule has 1 unspecified atom stereocenters. The molecule has 19 heavy (non-hydrogen) atoms. The van der Waals surface area contributed by atoms with Crippen molar-refractivity contribution in [1.29, 1.82) is 0 Å². The Morgan fingerprint density at radius 1 is 1.21 bits per heavy atom. The average molecular weight is 295 g/mol. The third kappa shape index (κ3) is 3.69. The molecule has 0 saturated carbocycles. The van der Waals surface area contributed by atoms with Crippen LogP contribution in [0.15, 0.2) is 36.5 Å². The van der Waals surface area contributed by atoms with Gasteiger partial charge < -0.3 is 5.32 Å². The van der Waals surface area contributed by atoms with E-state index in [1.54, 1.807) is 6.07 Å². The zero-order valence-electron chi connectivity index (χ0n) is 11.0. The van der Waals surface area contributed by atoms with Crippen molar-refractivity contribution in [2.45, 2.75) is 19.4 Å². The molecule has 100 valence electrons. The minimum atomic E-state index is 0.0985. The largest absolute Gasteiger partial charge is 0.313 e. The van der Waals surface area contributed by atoms with E-state index >= 15 is 0 Å². The van der Waals surface area contributed by atoms with Gasteiger partial charge >= 0.3 is 0 Å². The van der Waals surface area contributed by atoms with Crippen LogP contribution in [0, 0.1) is 6.92 Å². The Labute approximate surface area is 123 Å². The summed E-state index contributed by atoms with van der Waals surface area (Å²) in [6.07, 6.45) is 2.65. The Morgan fingerprint density at radius 2 is 2.00 bits per heavy atom. The van der Waals surface area contributed by atoms with Gasteiger partial charge in [0.15, 0.2) is 0 Å². The average Bonchev–Trinajstić information content (AvgIpc) is 2.41. The summed E-state index contributed by atoms with van der Waals surface area (Å²) < 4.78 is 0. The highest BCUT2D eigenvalue weighted by atomic mass is 35.5. The number of halogens is 2. The van der Waals surface area contributed by atoms with Crippen LogP contribution >= 0.6 is 23.2 Å². The van der Waals surface area contributed by atoms with Gasteiger partial charge in [0.25, 0.3) is 0 Å². The van der Waals surface area contributed by atoms with Crippen LogP contribution in [0.3, 0.4) is 0 Å². The number of hydrogen-bond donors (Lipinski definition) is 1. The van der Waals surface area contributed by atoms with Crippen LogP contribution in [-0.4, -0.2) is 12.0 Å². The van der Waals surface area contributed by atoms with Crippen LogP contribution in [0.4, 0.5) is 0 Å². The van der Waals surface area contributed by atoms with Gasteiger partial charge in [0.2, 0.25) is 0 Å². The molecule has 0 amide bonds. The molecule has 4 heteroatoms. The lowest BCUT2D eigenvalue weighted by molar-refractivity contribution is 0.584. The predicted molar refractivity (Wildman–Crippen MR) is 80.9 cm³/mol. The first-order valence-electron chi connectivity index (χ1n) is 6.14. The van der Waals surface area contributed by atoms with Crippen LogP contribution in [0.2, 0.25) is 10.0 Å². The van der Waals surface area contributed by atoms with Crippen molar-refractivity contribution in [3.05, 3.63) is 63.4 Å². The first-order valence-corrected chi connectivity index (χ1v) is 6.89. The van der Waals surface area contributed by atoms with Gasteiger partial charge in [0, 0.05) is 34.4 Å². The van der Waals surface area contributed by atoms with Crippen LogP contribution in [-0.2, 0) is 6.42 Å². The molecule has 2 aromatic rings. The standard InChI is InChI=1S/C15H16Cl2N2/c1-10-3-5-12(19-9-10)8-15(18-2)13-7-11(16)4-6-14(13)17/h3-7,9,15,18H,8H2,1-2H3. The maximum atomic E-state index is 6.24. The molecule has 1 aromatic carbocycles. The van der Waals surface area contributed by atoms with Gasteiger partial charge in [-0.1, -0.05) is 29.3 Å². The van der Waals surface area contributed by atoms with E-state index in [0.29, 0.717) is 5.02 Å². The van der Waals surface area contributed by atoms with Gasteiger partial charge in [-0.25, -0.2) is 0 Å². The molecule has 0 spiro atoms. The van der Waals surface area contributed by atoms with Crippen LogP contribution in [0.1, 0.15) is 22.9 Å². The molecule has 2 nitrogen and oxygen atoms in total. The highest BCUT2D eigenvalue weighted by Gasteiger charge is 2.14. The maximum absolute atomic E-state index is 6.24. The third-order valence-corrected chi connectivity index (χ3v) is 3.65. The molecule has 1 N–H and O–H groups in total. The summed E-state index contributed by atoms with van der Waals surface area (Å²) in [5, 5.41) is 4.68. The Balaban J connectivity index is 2.24. The second-order valence-electron chi connectivity index (χ2n) is 4.54. The van der Waals surface area contributed by atoms with Gasteiger partial charge in [-0.05, 0) is 49.4 Å². The van der Waals surface area contributed by atoms with E-state index in [0.717, 1.165) is 28.3 Å². The van der Waals surface area contributed by atoms with E-state index in [2.05, 4.69) is 16.4 Å². The molecule has 0 fully saturated rings. The normalized spacial score (nSPS) is 12.4. The second-order valence-corrected chi connectivity index (χ2v) is 5.38. The molecule has 1 aromatic heterocycles. The summed E-state index contributed by atoms with van der Waals surface area (Å²) >= 11 is 12.3. The number of nitrogens with one attached hydrogen (secondary N) is 1. The molecular weight excluding hydrogens is 279 g/mol. The van der Waals surface area contributed by atoms with Crippen molar-refractivity contribution in [3.63, 3.8) is 0 Å². The predicted octanol–water partition coefficient (Wildman–Crippen LogP) is 4.20. The molecule has 0 radical (unpaired) electrons. The van der Waals surface area contributed by atoms with Gasteiger partial charge in [-0.15, -0.1) is 0 Å². The Hall–Kier alpha value is -1.09. The summed E-state index contributed by atoms with van der Waals surface area (Å²) in [6, 6.07) is 9.73. The van der Waals surface area contributed by atoms with Crippen molar-refractivity contribution >= 4 is 23.2 Å². The number of nitrogens with zero attached hydrogens (tertiary/aromatic N) is 1. The lowest BCUT2D eigenvalue weighted by atomic mass is 10.0. The lowest BCUT2D eigenvalue weighted by Gasteiger charge is -2.18. The van der Waals surface area contributed by atoms with E-state index in [1.807, 2.05) is 38.4 Å². The summed E-state index contributed by atoms with van der Waals surface area (Å²) in [5.74, 6) is 0. The van der Waals surface area contributed by atoms with E-state index in [1.165, 1.54) is 0 Å². The molecule has 1 atom stereocenters. The first kappa shape index (κ1) is 14.3. The highest BCUT2D eigenvalue weighted by Crippen LogP contribution is 2.28. The topological polar surface area (TPSA) is 24.9 Å². The Morgan fingerprint density at radius 3 is 2.63 bits per heavy atom. The second kappa shape index (κ2) is 6.38. The van der Waals surface area contributed by atoms with Crippen LogP contribution in [0.5, 0.6) is 0 Å². The highest BCUT2D eigenvalue weighted by molar-refractivity contribution is 6.33. The molecule has 2 rings (SSSR count). The number of aryl methyl sites for hydroxylation is 1. The fourth-order valence-corrected chi connectivity index (χ4v) is 2.41. The molecule has 0 bridgehead atoms. The summed E-state index contributed by atoms with van der Waals surface area (Å²) in [5.41, 5.74) is 3.19. The Bertz CT molecular complexity index is 553. The molecule has 0 saturated heterocycles. The summed E-state index contributed by atoms with van der Waals surface area (Å²) in [6.45, 7) is 2.03. The van der Waals surface area contributed by atoms with Crippen molar-refractivity contribution in [2.75, 3.05) is 7.05 Å². The summed E-state index contributed by atoms with van der Waals surface area (Å²) in [4.78, 5) is 4.43. The number of aromatic nitrogens is 1. The molecule has 0 aliphatic rings. The number of hydrogen-bond acceptors (Lipinski definition) is 2. The number of likely N-dealkylation sites (N-methyl/N-ethyl adjacent to an activating group) is 1. The smallest absolute Gasteiger partial charge is 0.0454 e. The van der Waals surface area contributed by atoms with Crippen molar-refractivity contribution < 1.29 is 0 Å². The van der Waals surface area contributed by atoms with Crippen molar-refractivity contribution in [3.8, 4) is 0 Å². The number of pyridine rings is 1. The van der Waals surface area contributed by atoms with E-state index in [-0.39, 0.29) is 6.04 Å². The van der Waals surface area contributed by atoms with Crippen LogP contribution in [0.25, 0.3) is 0 Å². The van der Waals surface area contributed by atoms with Crippen molar-refractivity contribution in [1.82, 2.24) is 10.3 Å². The minimum absolute atomic E-state index is 0.0985. The molecule has 0 aliphatic heterocycles. The molecule has 0 aliphatic carbocycles. The fourth-order valence-electron chi connectivity index (χ4n) is 1.98. The van der Waals surface area contributed by atoms with E-state index < -0.39 is 0 Å². The maximum Gasteiger partial charge on any atom is 0.0454 e. The first-order chi connectivity index (χ1) is 9.10. The SMILES string of the molecule is CNC(Cc1ccc(C)cn1)c1cc(Cl)ccc1Cl.